The summed E-state index contributed by atoms with van der Waals surface area (Å²) in [4.78, 5) is 14.5. The maximum Gasteiger partial charge on any atom is 0.246 e. The van der Waals surface area contributed by atoms with E-state index < -0.39 is 0 Å². The second-order valence-electron chi connectivity index (χ2n) is 6.90. The molecule has 0 saturated carbocycles. The van der Waals surface area contributed by atoms with Gasteiger partial charge in [0.15, 0.2) is 5.01 Å². The van der Waals surface area contributed by atoms with Crippen molar-refractivity contribution in [2.45, 2.75) is 18.8 Å². The van der Waals surface area contributed by atoms with E-state index in [2.05, 4.69) is 10.2 Å². The van der Waals surface area contributed by atoms with Crippen LogP contribution in [0.1, 0.15) is 29.3 Å². The number of hydrogen-bond donors (Lipinski definition) is 0. The van der Waals surface area contributed by atoms with Gasteiger partial charge < -0.3 is 4.90 Å². The molecule has 1 unspecified atom stereocenters. The molecule has 1 fully saturated rings. The molecule has 2 heterocycles. The predicted octanol–water partition coefficient (Wildman–Crippen LogP) is 5.42. The van der Waals surface area contributed by atoms with Crippen LogP contribution in [-0.2, 0) is 4.79 Å². The molecular weight excluding hydrogens is 409 g/mol. The molecule has 29 heavy (non-hydrogen) atoms. The highest BCUT2D eigenvalue weighted by Gasteiger charge is 2.26. The first-order valence-corrected chi connectivity index (χ1v) is 10.6. The molecule has 1 atom stereocenters. The molecule has 0 spiro atoms. The number of aromatic nitrogens is 2. The van der Waals surface area contributed by atoms with E-state index in [-0.39, 0.29) is 17.6 Å². The zero-order chi connectivity index (χ0) is 20.2. The number of likely N-dealkylation sites (tertiary alicyclic amines) is 1. The molecular formula is C22H19ClFN3OS. The molecule has 1 aliphatic rings. The summed E-state index contributed by atoms with van der Waals surface area (Å²) in [5.41, 5.74) is 1.28. The van der Waals surface area contributed by atoms with Crippen LogP contribution in [0.15, 0.2) is 54.6 Å². The topological polar surface area (TPSA) is 46.1 Å². The second-order valence-corrected chi connectivity index (χ2v) is 8.32. The first-order valence-electron chi connectivity index (χ1n) is 9.41. The molecule has 1 aliphatic heterocycles. The van der Waals surface area contributed by atoms with Crippen molar-refractivity contribution in [3.05, 3.63) is 76.0 Å². The van der Waals surface area contributed by atoms with Gasteiger partial charge in [-0.05, 0) is 42.7 Å². The third-order valence-corrected chi connectivity index (χ3v) is 6.40. The fraction of sp³-hybridized carbons (Fsp3) is 0.227. The molecule has 148 valence electrons. The number of hydrogen-bond acceptors (Lipinski definition) is 4. The van der Waals surface area contributed by atoms with Gasteiger partial charge in [0.2, 0.25) is 5.91 Å². The van der Waals surface area contributed by atoms with Gasteiger partial charge in [-0.3, -0.25) is 4.79 Å². The Kier molecular flexibility index (Phi) is 6.02. The quantitative estimate of drug-likeness (QED) is 0.522. The zero-order valence-corrected chi connectivity index (χ0v) is 17.2. The van der Waals surface area contributed by atoms with E-state index in [1.54, 1.807) is 36.4 Å². The number of carbonyl (C=O) groups is 1. The lowest BCUT2D eigenvalue weighted by molar-refractivity contribution is -0.127. The summed E-state index contributed by atoms with van der Waals surface area (Å²) in [5, 5.41) is 10.5. The van der Waals surface area contributed by atoms with E-state index in [9.17, 15) is 9.18 Å². The minimum Gasteiger partial charge on any atom is -0.338 e. The van der Waals surface area contributed by atoms with Crippen LogP contribution in [0.4, 0.5) is 4.39 Å². The Bertz CT molecular complexity index is 1050. The third kappa shape index (κ3) is 4.54. The Morgan fingerprint density at radius 3 is 2.79 bits per heavy atom. The largest absolute Gasteiger partial charge is 0.338 e. The summed E-state index contributed by atoms with van der Waals surface area (Å²) < 4.78 is 14.0. The van der Waals surface area contributed by atoms with Crippen molar-refractivity contribution in [1.82, 2.24) is 15.1 Å². The van der Waals surface area contributed by atoms with Gasteiger partial charge in [-0.2, -0.15) is 0 Å². The van der Waals surface area contributed by atoms with Gasteiger partial charge in [-0.1, -0.05) is 53.3 Å². The Morgan fingerprint density at radius 2 is 1.97 bits per heavy atom. The summed E-state index contributed by atoms with van der Waals surface area (Å²) in [6.45, 7) is 1.29. The smallest absolute Gasteiger partial charge is 0.246 e. The first-order chi connectivity index (χ1) is 14.1. The third-order valence-electron chi connectivity index (χ3n) is 4.94. The molecule has 2 aromatic carbocycles. The van der Waals surface area contributed by atoms with Gasteiger partial charge in [0, 0.05) is 35.7 Å². The summed E-state index contributed by atoms with van der Waals surface area (Å²) >= 11 is 7.54. The van der Waals surface area contributed by atoms with E-state index in [1.807, 2.05) is 23.1 Å². The summed E-state index contributed by atoms with van der Waals surface area (Å²) in [5.74, 6) is -0.242. The highest BCUT2D eigenvalue weighted by Crippen LogP contribution is 2.33. The lowest BCUT2D eigenvalue weighted by Gasteiger charge is -2.30. The molecule has 1 aromatic heterocycles. The highest BCUT2D eigenvalue weighted by molar-refractivity contribution is 7.14. The molecule has 0 N–H and O–H groups in total. The van der Waals surface area contributed by atoms with Crippen molar-refractivity contribution in [3.63, 3.8) is 0 Å². The van der Waals surface area contributed by atoms with E-state index in [1.165, 1.54) is 17.4 Å². The summed E-state index contributed by atoms with van der Waals surface area (Å²) in [7, 11) is 0. The molecule has 1 saturated heterocycles. The Hall–Kier alpha value is -2.57. The molecule has 4 rings (SSSR count). The lowest BCUT2D eigenvalue weighted by atomic mass is 9.98. The molecule has 3 aromatic rings. The van der Waals surface area contributed by atoms with Crippen LogP contribution in [0.5, 0.6) is 0 Å². The minimum absolute atomic E-state index is 0.0477. The number of carbonyl (C=O) groups excluding carboxylic acids is 1. The summed E-state index contributed by atoms with van der Waals surface area (Å²) in [6.07, 6.45) is 5.14. The van der Waals surface area contributed by atoms with Gasteiger partial charge in [0.1, 0.15) is 10.8 Å². The number of halogens is 2. The van der Waals surface area contributed by atoms with Gasteiger partial charge in [0.25, 0.3) is 0 Å². The minimum atomic E-state index is -0.305. The lowest BCUT2D eigenvalue weighted by Crippen LogP contribution is -2.38. The maximum absolute atomic E-state index is 14.0. The second kappa shape index (κ2) is 8.84. The Morgan fingerprint density at radius 1 is 1.17 bits per heavy atom. The van der Waals surface area contributed by atoms with Crippen molar-refractivity contribution >= 4 is 34.9 Å². The fourth-order valence-electron chi connectivity index (χ4n) is 3.40. The average Bonchev–Trinajstić information content (AvgIpc) is 3.23. The van der Waals surface area contributed by atoms with E-state index >= 15 is 0 Å². The predicted molar refractivity (Wildman–Crippen MR) is 114 cm³/mol. The average molecular weight is 428 g/mol. The van der Waals surface area contributed by atoms with Gasteiger partial charge in [-0.15, -0.1) is 10.2 Å². The van der Waals surface area contributed by atoms with E-state index in [0.29, 0.717) is 28.7 Å². The molecule has 0 radical (unpaired) electrons. The van der Waals surface area contributed by atoms with Crippen LogP contribution in [-0.4, -0.2) is 34.1 Å². The molecule has 1 amide bonds. The summed E-state index contributed by atoms with van der Waals surface area (Å²) in [6, 6.07) is 14.0. The number of benzene rings is 2. The van der Waals surface area contributed by atoms with Gasteiger partial charge in [-0.25, -0.2) is 4.39 Å². The van der Waals surface area contributed by atoms with Crippen LogP contribution >= 0.6 is 22.9 Å². The number of rotatable bonds is 4. The van der Waals surface area contributed by atoms with Gasteiger partial charge in [0.05, 0.1) is 0 Å². The number of piperidine rings is 1. The molecule has 0 aliphatic carbocycles. The zero-order valence-electron chi connectivity index (χ0n) is 15.6. The number of amides is 1. The molecule has 7 heteroatoms. The van der Waals surface area contributed by atoms with Crippen LogP contribution in [0, 0.1) is 5.82 Å². The van der Waals surface area contributed by atoms with Crippen molar-refractivity contribution in [1.29, 1.82) is 0 Å². The number of nitrogens with zero attached hydrogens (tertiary/aromatic N) is 3. The van der Waals surface area contributed by atoms with E-state index in [4.69, 9.17) is 11.6 Å². The van der Waals surface area contributed by atoms with Gasteiger partial charge >= 0.3 is 0 Å². The Labute approximate surface area is 177 Å². The van der Waals surface area contributed by atoms with Crippen molar-refractivity contribution in [3.8, 4) is 10.6 Å². The van der Waals surface area contributed by atoms with Crippen LogP contribution in [0.2, 0.25) is 5.02 Å². The van der Waals surface area contributed by atoms with Crippen LogP contribution < -0.4 is 0 Å². The standard InChI is InChI=1S/C22H19ClFN3OS/c23-18-9-3-1-6-15(18)11-12-20(28)27-13-5-7-16(14-27)21-25-26-22(29-21)17-8-2-4-10-19(17)24/h1-4,6,8-12,16H,5,7,13-14H2/b12-11+. The molecule has 4 nitrogen and oxygen atoms in total. The van der Waals surface area contributed by atoms with E-state index in [0.717, 1.165) is 23.4 Å². The highest BCUT2D eigenvalue weighted by atomic mass is 35.5. The van der Waals surface area contributed by atoms with Crippen molar-refractivity contribution in [2.75, 3.05) is 13.1 Å². The normalized spacial score (nSPS) is 17.0. The van der Waals surface area contributed by atoms with Crippen LogP contribution in [0.3, 0.4) is 0 Å². The first kappa shape index (κ1) is 19.7. The fourth-order valence-corrected chi connectivity index (χ4v) is 4.59. The molecule has 0 bridgehead atoms. The van der Waals surface area contributed by atoms with Crippen molar-refractivity contribution in [2.24, 2.45) is 0 Å². The Balaban J connectivity index is 1.45. The SMILES string of the molecule is O=C(/C=C/c1ccccc1Cl)N1CCCC(c2nnc(-c3ccccc3F)s2)C1. The monoisotopic (exact) mass is 427 g/mol. The van der Waals surface area contributed by atoms with Crippen LogP contribution in [0.25, 0.3) is 16.6 Å². The maximum atomic E-state index is 14.0. The van der Waals surface area contributed by atoms with Crippen molar-refractivity contribution < 1.29 is 9.18 Å².